The lowest BCUT2D eigenvalue weighted by Gasteiger charge is -2.18. The van der Waals surface area contributed by atoms with Gasteiger partial charge in [0.15, 0.2) is 0 Å². The van der Waals surface area contributed by atoms with E-state index in [-0.39, 0.29) is 5.92 Å². The summed E-state index contributed by atoms with van der Waals surface area (Å²) < 4.78 is 1.95. The lowest BCUT2D eigenvalue weighted by Crippen LogP contribution is -2.40. The molecule has 0 radical (unpaired) electrons. The highest BCUT2D eigenvalue weighted by Crippen LogP contribution is 2.23. The first kappa shape index (κ1) is 14.7. The Morgan fingerprint density at radius 3 is 2.47 bits per heavy atom. The van der Waals surface area contributed by atoms with Gasteiger partial charge in [0.2, 0.25) is 0 Å². The van der Waals surface area contributed by atoms with E-state index < -0.39 is 12.0 Å². The Hall–Kier alpha value is -0.390. The molecule has 0 aliphatic heterocycles. The number of aliphatic carboxylic acids is 1. The highest BCUT2D eigenvalue weighted by molar-refractivity contribution is 9.13. The highest BCUT2D eigenvalue weighted by Gasteiger charge is 2.20. The van der Waals surface area contributed by atoms with Crippen LogP contribution >= 0.6 is 31.9 Å². The molecule has 0 spiro atoms. The van der Waals surface area contributed by atoms with Crippen LogP contribution in [0.1, 0.15) is 19.4 Å². The van der Waals surface area contributed by atoms with Crippen molar-refractivity contribution in [2.75, 3.05) is 0 Å². The summed E-state index contributed by atoms with van der Waals surface area (Å²) in [6, 6.07) is 5.35. The predicted molar refractivity (Wildman–Crippen MR) is 74.9 cm³/mol. The standard InChI is InChI=1S/C12H15Br2NO2/c1-7(2)11(12(16)17)15-6-8-3-4-9(13)10(14)5-8/h3-5,7,11,15H,6H2,1-2H3,(H,16,17)/t11-/m0/s1. The maximum atomic E-state index is 11.0. The molecule has 0 aromatic heterocycles. The summed E-state index contributed by atoms with van der Waals surface area (Å²) >= 11 is 6.81. The molecular formula is C12H15Br2NO2. The molecule has 0 unspecified atom stereocenters. The number of halogens is 2. The zero-order chi connectivity index (χ0) is 13.0. The van der Waals surface area contributed by atoms with Crippen molar-refractivity contribution in [1.29, 1.82) is 0 Å². The average Bonchev–Trinajstić information content (AvgIpc) is 2.22. The Bertz CT molecular complexity index is 407. The molecule has 94 valence electrons. The first-order chi connectivity index (χ1) is 7.91. The third kappa shape index (κ3) is 4.41. The van der Waals surface area contributed by atoms with Crippen molar-refractivity contribution in [3.8, 4) is 0 Å². The van der Waals surface area contributed by atoms with Crippen LogP contribution in [0.25, 0.3) is 0 Å². The van der Waals surface area contributed by atoms with Gasteiger partial charge in [0.1, 0.15) is 6.04 Å². The second kappa shape index (κ2) is 6.52. The zero-order valence-electron chi connectivity index (χ0n) is 9.71. The molecule has 0 bridgehead atoms. The van der Waals surface area contributed by atoms with Crippen LogP contribution in [0, 0.1) is 5.92 Å². The molecule has 1 aromatic carbocycles. The lowest BCUT2D eigenvalue weighted by molar-refractivity contribution is -0.140. The van der Waals surface area contributed by atoms with Gasteiger partial charge in [-0.1, -0.05) is 19.9 Å². The fraction of sp³-hybridized carbons (Fsp3) is 0.417. The predicted octanol–water partition coefficient (Wildman–Crippen LogP) is 3.41. The Morgan fingerprint density at radius 1 is 1.35 bits per heavy atom. The molecule has 2 N–H and O–H groups in total. The number of nitrogens with one attached hydrogen (secondary N) is 1. The van der Waals surface area contributed by atoms with Crippen molar-refractivity contribution in [2.45, 2.75) is 26.4 Å². The van der Waals surface area contributed by atoms with E-state index in [2.05, 4.69) is 37.2 Å². The van der Waals surface area contributed by atoms with Gasteiger partial charge in [-0.3, -0.25) is 4.79 Å². The summed E-state index contributed by atoms with van der Waals surface area (Å²) in [5.74, 6) is -0.748. The first-order valence-electron chi connectivity index (χ1n) is 5.32. The number of carbonyl (C=O) groups is 1. The average molecular weight is 365 g/mol. The van der Waals surface area contributed by atoms with Crippen LogP contribution in [-0.4, -0.2) is 17.1 Å². The Morgan fingerprint density at radius 2 is 2.00 bits per heavy atom. The van der Waals surface area contributed by atoms with Gasteiger partial charge in [-0.05, 0) is 55.5 Å². The van der Waals surface area contributed by atoms with E-state index in [4.69, 9.17) is 5.11 Å². The second-order valence-electron chi connectivity index (χ2n) is 4.19. The van der Waals surface area contributed by atoms with Crippen LogP contribution in [-0.2, 0) is 11.3 Å². The minimum atomic E-state index is -0.809. The van der Waals surface area contributed by atoms with Gasteiger partial charge in [-0.25, -0.2) is 0 Å². The minimum Gasteiger partial charge on any atom is -0.480 e. The maximum absolute atomic E-state index is 11.0. The number of benzene rings is 1. The van der Waals surface area contributed by atoms with Gasteiger partial charge in [0.05, 0.1) is 0 Å². The molecule has 1 rings (SSSR count). The molecule has 0 saturated heterocycles. The molecule has 0 amide bonds. The Labute approximate surface area is 118 Å². The molecule has 5 heteroatoms. The quantitative estimate of drug-likeness (QED) is 0.841. The first-order valence-corrected chi connectivity index (χ1v) is 6.90. The monoisotopic (exact) mass is 363 g/mol. The molecule has 1 aromatic rings. The maximum Gasteiger partial charge on any atom is 0.320 e. The van der Waals surface area contributed by atoms with Crippen LogP contribution in [0.3, 0.4) is 0 Å². The molecule has 0 fully saturated rings. The van der Waals surface area contributed by atoms with E-state index in [9.17, 15) is 4.79 Å². The molecule has 0 aliphatic rings. The number of hydrogen-bond donors (Lipinski definition) is 2. The molecular weight excluding hydrogens is 350 g/mol. The van der Waals surface area contributed by atoms with Gasteiger partial charge in [-0.2, -0.15) is 0 Å². The summed E-state index contributed by atoms with van der Waals surface area (Å²) in [4.78, 5) is 11.0. The number of hydrogen-bond acceptors (Lipinski definition) is 2. The smallest absolute Gasteiger partial charge is 0.320 e. The fourth-order valence-corrected chi connectivity index (χ4v) is 2.16. The summed E-state index contributed by atoms with van der Waals surface area (Å²) in [7, 11) is 0. The number of carboxylic acid groups (broad SMARTS) is 1. The van der Waals surface area contributed by atoms with Gasteiger partial charge < -0.3 is 10.4 Å². The van der Waals surface area contributed by atoms with Crippen molar-refractivity contribution >= 4 is 37.8 Å². The minimum absolute atomic E-state index is 0.0615. The SMILES string of the molecule is CC(C)[C@H](NCc1ccc(Br)c(Br)c1)C(=O)O. The van der Waals surface area contributed by atoms with Gasteiger partial charge >= 0.3 is 5.97 Å². The van der Waals surface area contributed by atoms with Gasteiger partial charge in [0.25, 0.3) is 0 Å². The van der Waals surface area contributed by atoms with E-state index in [1.165, 1.54) is 0 Å². The van der Waals surface area contributed by atoms with Gasteiger partial charge in [-0.15, -0.1) is 0 Å². The van der Waals surface area contributed by atoms with E-state index in [0.29, 0.717) is 6.54 Å². The number of rotatable bonds is 5. The number of carboxylic acids is 1. The summed E-state index contributed by atoms with van der Waals surface area (Å²) in [5.41, 5.74) is 1.05. The van der Waals surface area contributed by atoms with Crippen molar-refractivity contribution in [2.24, 2.45) is 5.92 Å². The highest BCUT2D eigenvalue weighted by atomic mass is 79.9. The topological polar surface area (TPSA) is 49.3 Å². The molecule has 0 heterocycles. The summed E-state index contributed by atoms with van der Waals surface area (Å²) in [6.07, 6.45) is 0. The normalized spacial score (nSPS) is 12.8. The van der Waals surface area contributed by atoms with Crippen molar-refractivity contribution < 1.29 is 9.90 Å². The van der Waals surface area contributed by atoms with E-state index >= 15 is 0 Å². The lowest BCUT2D eigenvalue weighted by atomic mass is 10.0. The van der Waals surface area contributed by atoms with Gasteiger partial charge in [0, 0.05) is 15.5 Å². The van der Waals surface area contributed by atoms with Crippen LogP contribution in [0.4, 0.5) is 0 Å². The molecule has 1 atom stereocenters. The van der Waals surface area contributed by atoms with Crippen molar-refractivity contribution in [3.05, 3.63) is 32.7 Å². The summed E-state index contributed by atoms with van der Waals surface area (Å²) in [5, 5.41) is 12.1. The van der Waals surface area contributed by atoms with E-state index in [0.717, 1.165) is 14.5 Å². The molecule has 3 nitrogen and oxygen atoms in total. The van der Waals surface area contributed by atoms with Crippen LogP contribution in [0.2, 0.25) is 0 Å². The fourth-order valence-electron chi connectivity index (χ4n) is 1.49. The molecule has 17 heavy (non-hydrogen) atoms. The zero-order valence-corrected chi connectivity index (χ0v) is 12.9. The van der Waals surface area contributed by atoms with Crippen LogP contribution in [0.15, 0.2) is 27.1 Å². The van der Waals surface area contributed by atoms with E-state index in [1.807, 2.05) is 32.0 Å². The third-order valence-electron chi connectivity index (χ3n) is 2.44. The Balaban J connectivity index is 2.65. The van der Waals surface area contributed by atoms with E-state index in [1.54, 1.807) is 0 Å². The largest absolute Gasteiger partial charge is 0.480 e. The van der Waals surface area contributed by atoms with Crippen LogP contribution in [0.5, 0.6) is 0 Å². The van der Waals surface area contributed by atoms with Crippen molar-refractivity contribution in [1.82, 2.24) is 5.32 Å². The van der Waals surface area contributed by atoms with Crippen LogP contribution < -0.4 is 5.32 Å². The summed E-state index contributed by atoms with van der Waals surface area (Å²) in [6.45, 7) is 4.33. The molecule has 0 aliphatic carbocycles. The second-order valence-corrected chi connectivity index (χ2v) is 5.90. The third-order valence-corrected chi connectivity index (χ3v) is 4.32. The Kier molecular flexibility index (Phi) is 5.62. The molecule has 0 saturated carbocycles. The van der Waals surface area contributed by atoms with Crippen molar-refractivity contribution in [3.63, 3.8) is 0 Å².